The Balaban J connectivity index is 2.47. The van der Waals surface area contributed by atoms with Crippen LogP contribution in [-0.2, 0) is 0 Å². The van der Waals surface area contributed by atoms with Crippen LogP contribution in [0.4, 0.5) is 0 Å². The molecule has 2 rings (SSSR count). The highest BCUT2D eigenvalue weighted by Gasteiger charge is 2.19. The topological polar surface area (TPSA) is 74.6 Å². The van der Waals surface area contributed by atoms with Crippen LogP contribution in [0, 0.1) is 5.41 Å². The Kier molecular flexibility index (Phi) is 1.79. The van der Waals surface area contributed by atoms with Gasteiger partial charge in [0, 0.05) is 0 Å². The Morgan fingerprint density at radius 2 is 2.31 bits per heavy atom. The number of fused-ring (bicyclic) bond motifs is 1. The van der Waals surface area contributed by atoms with Crippen LogP contribution in [0.3, 0.4) is 0 Å². The summed E-state index contributed by atoms with van der Waals surface area (Å²) in [5.41, 5.74) is 2.24. The highest BCUT2D eigenvalue weighted by molar-refractivity contribution is 5.99. The molecule has 0 fully saturated rings. The third-order valence-electron chi connectivity index (χ3n) is 1.78. The SMILES string of the molecule is N=C(NO)c1cccc2c1OCO2. The molecule has 0 saturated heterocycles. The second kappa shape index (κ2) is 2.95. The standard InChI is InChI=1S/C8H8N2O3/c9-8(10-11)5-2-1-3-6-7(5)13-4-12-6/h1-3,11H,4H2,(H2,9,10). The quantitative estimate of drug-likeness (QED) is 0.338. The molecule has 0 aromatic heterocycles. The van der Waals surface area contributed by atoms with Gasteiger partial charge in [-0.2, -0.15) is 0 Å². The van der Waals surface area contributed by atoms with E-state index in [9.17, 15) is 0 Å². The molecule has 68 valence electrons. The summed E-state index contributed by atoms with van der Waals surface area (Å²) >= 11 is 0. The van der Waals surface area contributed by atoms with Crippen molar-refractivity contribution in [3.63, 3.8) is 0 Å². The van der Waals surface area contributed by atoms with Crippen molar-refractivity contribution in [1.82, 2.24) is 5.48 Å². The van der Waals surface area contributed by atoms with Gasteiger partial charge in [0.1, 0.15) is 0 Å². The largest absolute Gasteiger partial charge is 0.454 e. The van der Waals surface area contributed by atoms with Crippen molar-refractivity contribution in [3.8, 4) is 11.5 Å². The van der Waals surface area contributed by atoms with Gasteiger partial charge in [0.05, 0.1) is 5.56 Å². The van der Waals surface area contributed by atoms with E-state index >= 15 is 0 Å². The second-order valence-corrected chi connectivity index (χ2v) is 2.53. The predicted octanol–water partition coefficient (Wildman–Crippen LogP) is 0.719. The van der Waals surface area contributed by atoms with E-state index in [2.05, 4.69) is 0 Å². The van der Waals surface area contributed by atoms with Gasteiger partial charge in [-0.25, -0.2) is 0 Å². The maximum absolute atomic E-state index is 8.55. The van der Waals surface area contributed by atoms with Crippen LogP contribution in [0.15, 0.2) is 18.2 Å². The predicted molar refractivity (Wildman–Crippen MR) is 44.3 cm³/mol. The van der Waals surface area contributed by atoms with Crippen LogP contribution >= 0.6 is 0 Å². The summed E-state index contributed by atoms with van der Waals surface area (Å²) < 4.78 is 10.2. The van der Waals surface area contributed by atoms with Crippen LogP contribution in [0.1, 0.15) is 5.56 Å². The first-order valence-electron chi connectivity index (χ1n) is 3.70. The summed E-state index contributed by atoms with van der Waals surface area (Å²) in [7, 11) is 0. The molecule has 3 N–H and O–H groups in total. The van der Waals surface area contributed by atoms with E-state index in [1.807, 2.05) is 0 Å². The summed E-state index contributed by atoms with van der Waals surface area (Å²) in [6, 6.07) is 5.14. The summed E-state index contributed by atoms with van der Waals surface area (Å²) in [4.78, 5) is 0. The summed E-state index contributed by atoms with van der Waals surface area (Å²) in [5.74, 6) is 0.980. The zero-order chi connectivity index (χ0) is 9.26. The maximum Gasteiger partial charge on any atom is 0.231 e. The van der Waals surface area contributed by atoms with Gasteiger partial charge < -0.3 is 9.47 Å². The minimum absolute atomic E-state index is 0.109. The molecule has 0 bridgehead atoms. The van der Waals surface area contributed by atoms with Crippen molar-refractivity contribution in [2.24, 2.45) is 0 Å². The molecule has 0 radical (unpaired) electrons. The number of nitrogens with one attached hydrogen (secondary N) is 2. The first-order chi connectivity index (χ1) is 6.33. The molecule has 5 heteroatoms. The lowest BCUT2D eigenvalue weighted by Crippen LogP contribution is -2.19. The number of hydrogen-bond acceptors (Lipinski definition) is 4. The highest BCUT2D eigenvalue weighted by Crippen LogP contribution is 2.34. The molecule has 0 atom stereocenters. The fourth-order valence-corrected chi connectivity index (χ4v) is 1.19. The average molecular weight is 180 g/mol. The van der Waals surface area contributed by atoms with Crippen LogP contribution in [0.2, 0.25) is 0 Å². The van der Waals surface area contributed by atoms with Gasteiger partial charge in [-0.3, -0.25) is 16.1 Å². The van der Waals surface area contributed by atoms with Gasteiger partial charge in [-0.05, 0) is 12.1 Å². The van der Waals surface area contributed by atoms with Gasteiger partial charge in [-0.1, -0.05) is 6.07 Å². The van der Waals surface area contributed by atoms with Crippen LogP contribution in [-0.4, -0.2) is 17.8 Å². The summed E-state index contributed by atoms with van der Waals surface area (Å²) in [6.07, 6.45) is 0. The van der Waals surface area contributed by atoms with Crippen molar-refractivity contribution in [2.75, 3.05) is 6.79 Å². The number of rotatable bonds is 1. The van der Waals surface area contributed by atoms with Crippen LogP contribution < -0.4 is 15.0 Å². The van der Waals surface area contributed by atoms with Gasteiger partial charge in [-0.15, -0.1) is 0 Å². The van der Waals surface area contributed by atoms with Gasteiger partial charge >= 0.3 is 0 Å². The van der Waals surface area contributed by atoms with Gasteiger partial charge in [0.2, 0.25) is 6.79 Å². The lowest BCUT2D eigenvalue weighted by Gasteiger charge is -2.04. The smallest absolute Gasteiger partial charge is 0.231 e. The number of hydrogen-bond donors (Lipinski definition) is 3. The monoisotopic (exact) mass is 180 g/mol. The van der Waals surface area contributed by atoms with E-state index in [-0.39, 0.29) is 12.6 Å². The normalized spacial score (nSPS) is 12.7. The zero-order valence-electron chi connectivity index (χ0n) is 6.70. The first kappa shape index (κ1) is 7.88. The molecule has 0 saturated carbocycles. The van der Waals surface area contributed by atoms with Gasteiger partial charge in [0.15, 0.2) is 17.3 Å². The molecule has 0 spiro atoms. The lowest BCUT2D eigenvalue weighted by atomic mass is 10.2. The van der Waals surface area contributed by atoms with Crippen molar-refractivity contribution in [1.29, 1.82) is 5.41 Å². The number of amidine groups is 1. The second-order valence-electron chi connectivity index (χ2n) is 2.53. The minimum atomic E-state index is -0.109. The molecule has 1 aromatic rings. The fraction of sp³-hybridized carbons (Fsp3) is 0.125. The van der Waals surface area contributed by atoms with Gasteiger partial charge in [0.25, 0.3) is 0 Å². The van der Waals surface area contributed by atoms with Crippen LogP contribution in [0.25, 0.3) is 0 Å². The Bertz CT molecular complexity index is 351. The van der Waals surface area contributed by atoms with E-state index in [1.165, 1.54) is 0 Å². The molecule has 1 aliphatic heterocycles. The van der Waals surface area contributed by atoms with E-state index < -0.39 is 0 Å². The third-order valence-corrected chi connectivity index (χ3v) is 1.78. The number of hydroxylamine groups is 1. The summed E-state index contributed by atoms with van der Waals surface area (Å²) in [6.45, 7) is 0.158. The lowest BCUT2D eigenvalue weighted by molar-refractivity contribution is 0.173. The fourth-order valence-electron chi connectivity index (χ4n) is 1.19. The molecule has 0 aliphatic carbocycles. The Morgan fingerprint density at radius 3 is 3.08 bits per heavy atom. The zero-order valence-corrected chi connectivity index (χ0v) is 6.70. The number of para-hydroxylation sites is 1. The number of ether oxygens (including phenoxy) is 2. The minimum Gasteiger partial charge on any atom is -0.454 e. The first-order valence-corrected chi connectivity index (χ1v) is 3.70. The van der Waals surface area contributed by atoms with Crippen LogP contribution in [0.5, 0.6) is 11.5 Å². The molecular formula is C8H8N2O3. The van der Waals surface area contributed by atoms with E-state index in [1.54, 1.807) is 23.7 Å². The van der Waals surface area contributed by atoms with Crippen molar-refractivity contribution < 1.29 is 14.7 Å². The Labute approximate surface area is 74.4 Å². The molecule has 13 heavy (non-hydrogen) atoms. The maximum atomic E-state index is 8.55. The number of benzene rings is 1. The molecular weight excluding hydrogens is 172 g/mol. The van der Waals surface area contributed by atoms with Crippen molar-refractivity contribution in [2.45, 2.75) is 0 Å². The molecule has 1 aromatic carbocycles. The average Bonchev–Trinajstić information content (AvgIpc) is 2.63. The Hall–Kier alpha value is -1.75. The highest BCUT2D eigenvalue weighted by atomic mass is 16.7. The van der Waals surface area contributed by atoms with E-state index in [0.29, 0.717) is 17.1 Å². The third kappa shape index (κ3) is 1.19. The molecule has 0 amide bonds. The molecule has 5 nitrogen and oxygen atoms in total. The van der Waals surface area contributed by atoms with E-state index in [0.717, 1.165) is 0 Å². The molecule has 1 heterocycles. The van der Waals surface area contributed by atoms with Crippen molar-refractivity contribution in [3.05, 3.63) is 23.8 Å². The Morgan fingerprint density at radius 1 is 1.46 bits per heavy atom. The van der Waals surface area contributed by atoms with Crippen molar-refractivity contribution >= 4 is 5.84 Å². The van der Waals surface area contributed by atoms with E-state index in [4.69, 9.17) is 20.1 Å². The molecule has 1 aliphatic rings. The molecule has 0 unspecified atom stereocenters. The summed E-state index contributed by atoms with van der Waals surface area (Å²) in [5, 5.41) is 15.9.